The van der Waals surface area contributed by atoms with E-state index in [-0.39, 0.29) is 11.7 Å². The molecule has 1 amide bonds. The molecule has 4 rings (SSSR count). The van der Waals surface area contributed by atoms with Crippen LogP contribution in [-0.4, -0.2) is 31.4 Å². The Balaban J connectivity index is 1.73. The Bertz CT molecular complexity index is 1090. The van der Waals surface area contributed by atoms with Gasteiger partial charge in [-0.1, -0.05) is 42.5 Å². The van der Waals surface area contributed by atoms with E-state index in [2.05, 4.69) is 41.8 Å². The highest BCUT2D eigenvalue weighted by atomic mass is 19.1. The zero-order valence-corrected chi connectivity index (χ0v) is 17.1. The normalized spacial score (nSPS) is 14.5. The fraction of sp³-hybridized carbons (Fsp3) is 0.160. The van der Waals surface area contributed by atoms with E-state index in [1.165, 1.54) is 17.7 Å². The number of anilines is 2. The fourth-order valence-electron chi connectivity index (χ4n) is 3.53. The maximum Gasteiger partial charge on any atom is 0.258 e. The number of nitrogens with zero attached hydrogens (tertiary/aromatic N) is 1. The molecule has 1 aliphatic heterocycles. The molecule has 5 heteroatoms. The van der Waals surface area contributed by atoms with Crippen LogP contribution in [0, 0.1) is 5.82 Å². The lowest BCUT2D eigenvalue weighted by Gasteiger charge is -2.15. The third-order valence-electron chi connectivity index (χ3n) is 5.11. The van der Waals surface area contributed by atoms with E-state index < -0.39 is 0 Å². The Morgan fingerprint density at radius 3 is 2.43 bits per heavy atom. The minimum Gasteiger partial charge on any atom is -0.354 e. The minimum atomic E-state index is -0.377. The van der Waals surface area contributed by atoms with Crippen molar-refractivity contribution in [2.75, 3.05) is 31.3 Å². The zero-order valence-electron chi connectivity index (χ0n) is 17.1. The minimum absolute atomic E-state index is 0.246. The van der Waals surface area contributed by atoms with E-state index in [4.69, 9.17) is 0 Å². The number of fused-ring (bicyclic) bond motifs is 1. The van der Waals surface area contributed by atoms with Crippen molar-refractivity contribution in [2.45, 2.75) is 6.42 Å². The molecule has 0 radical (unpaired) electrons. The van der Waals surface area contributed by atoms with Gasteiger partial charge in [0, 0.05) is 17.8 Å². The molecule has 0 saturated heterocycles. The Kier molecular flexibility index (Phi) is 5.63. The van der Waals surface area contributed by atoms with E-state index >= 15 is 0 Å². The van der Waals surface area contributed by atoms with Crippen LogP contribution in [0.25, 0.3) is 11.3 Å². The summed E-state index contributed by atoms with van der Waals surface area (Å²) < 4.78 is 13.7. The summed E-state index contributed by atoms with van der Waals surface area (Å²) in [5.74, 6) is -0.623. The highest BCUT2D eigenvalue weighted by Crippen LogP contribution is 2.37. The van der Waals surface area contributed by atoms with Crippen LogP contribution in [0.5, 0.6) is 0 Å². The van der Waals surface area contributed by atoms with Gasteiger partial charge in [-0.15, -0.1) is 0 Å². The number of hydrogen-bond donors (Lipinski definition) is 2. The number of nitrogens with one attached hydrogen (secondary N) is 2. The van der Waals surface area contributed by atoms with Crippen LogP contribution in [0.2, 0.25) is 0 Å². The molecule has 0 aliphatic carbocycles. The van der Waals surface area contributed by atoms with E-state index in [0.717, 1.165) is 24.2 Å². The largest absolute Gasteiger partial charge is 0.354 e. The lowest BCUT2D eigenvalue weighted by atomic mass is 10.00. The number of likely N-dealkylation sites (N-methyl/N-ethyl adjacent to an activating group) is 1. The maximum absolute atomic E-state index is 13.7. The van der Waals surface area contributed by atoms with Crippen LogP contribution >= 0.6 is 0 Å². The van der Waals surface area contributed by atoms with E-state index in [1.807, 2.05) is 42.5 Å². The lowest BCUT2D eigenvalue weighted by molar-refractivity contribution is -0.110. The van der Waals surface area contributed by atoms with E-state index in [0.29, 0.717) is 22.5 Å². The molecule has 0 bridgehead atoms. The van der Waals surface area contributed by atoms with E-state index in [1.54, 1.807) is 6.07 Å². The molecule has 1 heterocycles. The molecule has 2 N–H and O–H groups in total. The first-order valence-corrected chi connectivity index (χ1v) is 9.93. The van der Waals surface area contributed by atoms with Crippen molar-refractivity contribution in [3.05, 3.63) is 95.3 Å². The van der Waals surface area contributed by atoms with Gasteiger partial charge in [-0.25, -0.2) is 4.39 Å². The zero-order chi connectivity index (χ0) is 21.1. The predicted molar refractivity (Wildman–Crippen MR) is 121 cm³/mol. The smallest absolute Gasteiger partial charge is 0.258 e. The first kappa shape index (κ1) is 19.9. The van der Waals surface area contributed by atoms with Crippen LogP contribution < -0.4 is 10.6 Å². The average Bonchev–Trinajstić information content (AvgIpc) is 3.06. The van der Waals surface area contributed by atoms with Crippen LogP contribution in [-0.2, 0) is 11.2 Å². The van der Waals surface area contributed by atoms with Gasteiger partial charge in [0.05, 0.1) is 17.0 Å². The molecule has 0 unspecified atom stereocenters. The fourth-order valence-corrected chi connectivity index (χ4v) is 3.53. The summed E-state index contributed by atoms with van der Waals surface area (Å²) in [4.78, 5) is 15.0. The second kappa shape index (κ2) is 8.51. The van der Waals surface area contributed by atoms with Crippen molar-refractivity contribution in [3.63, 3.8) is 0 Å². The van der Waals surface area contributed by atoms with Gasteiger partial charge >= 0.3 is 0 Å². The van der Waals surface area contributed by atoms with Gasteiger partial charge in [0.2, 0.25) is 0 Å². The topological polar surface area (TPSA) is 44.4 Å². The monoisotopic (exact) mass is 401 g/mol. The Morgan fingerprint density at radius 1 is 1.00 bits per heavy atom. The predicted octanol–water partition coefficient (Wildman–Crippen LogP) is 4.86. The average molecular weight is 401 g/mol. The third-order valence-corrected chi connectivity index (χ3v) is 5.11. The maximum atomic E-state index is 13.7. The first-order chi connectivity index (χ1) is 14.5. The SMILES string of the molecule is CN(C)CCc1ccc(NC(=C2C(=O)Nc3cc(F)ccc32)c2ccccc2)cc1. The quantitative estimate of drug-likeness (QED) is 0.580. The number of amides is 1. The van der Waals surface area contributed by atoms with Crippen molar-refractivity contribution in [2.24, 2.45) is 0 Å². The Hall–Kier alpha value is -3.44. The van der Waals surface area contributed by atoms with Gasteiger partial charge in [0.25, 0.3) is 5.91 Å². The molecule has 0 fully saturated rings. The lowest BCUT2D eigenvalue weighted by Crippen LogP contribution is -2.15. The summed E-state index contributed by atoms with van der Waals surface area (Å²) in [7, 11) is 4.12. The summed E-state index contributed by atoms with van der Waals surface area (Å²) in [5.41, 5.74) is 5.41. The summed E-state index contributed by atoms with van der Waals surface area (Å²) in [5, 5.41) is 6.21. The standard InChI is InChI=1S/C25H24FN3O/c1-29(2)15-14-17-8-11-20(12-9-17)27-24(18-6-4-3-5-7-18)23-21-13-10-19(26)16-22(21)28-25(23)30/h3-13,16,27H,14-15H2,1-2H3,(H,28,30). The number of rotatable bonds is 6. The van der Waals surface area contributed by atoms with Crippen LogP contribution in [0.15, 0.2) is 72.8 Å². The molecular weight excluding hydrogens is 377 g/mol. The third kappa shape index (κ3) is 4.26. The first-order valence-electron chi connectivity index (χ1n) is 9.93. The number of carbonyl (C=O) groups is 1. The van der Waals surface area contributed by atoms with Crippen molar-refractivity contribution in [1.82, 2.24) is 4.90 Å². The van der Waals surface area contributed by atoms with Gasteiger partial charge in [-0.2, -0.15) is 0 Å². The van der Waals surface area contributed by atoms with Crippen molar-refractivity contribution < 1.29 is 9.18 Å². The molecule has 3 aromatic rings. The number of carbonyl (C=O) groups excluding carboxylic acids is 1. The van der Waals surface area contributed by atoms with E-state index in [9.17, 15) is 9.18 Å². The van der Waals surface area contributed by atoms with Gasteiger partial charge in [-0.05, 0) is 62.0 Å². The molecule has 3 aromatic carbocycles. The highest BCUT2D eigenvalue weighted by Gasteiger charge is 2.28. The molecule has 0 spiro atoms. The summed E-state index contributed by atoms with van der Waals surface area (Å²) in [6, 6.07) is 22.3. The van der Waals surface area contributed by atoms with Crippen LogP contribution in [0.3, 0.4) is 0 Å². The summed E-state index contributed by atoms with van der Waals surface area (Å²) in [6.45, 7) is 0.986. The van der Waals surface area contributed by atoms with Crippen molar-refractivity contribution in [1.29, 1.82) is 0 Å². The Morgan fingerprint density at radius 2 is 1.73 bits per heavy atom. The molecule has 1 aliphatic rings. The summed E-state index contributed by atoms with van der Waals surface area (Å²) >= 11 is 0. The number of halogens is 1. The van der Waals surface area contributed by atoms with Crippen molar-refractivity contribution >= 4 is 28.6 Å². The number of benzene rings is 3. The molecule has 4 nitrogen and oxygen atoms in total. The molecule has 0 aromatic heterocycles. The second-order valence-corrected chi connectivity index (χ2v) is 7.64. The second-order valence-electron chi connectivity index (χ2n) is 7.64. The molecule has 152 valence electrons. The van der Waals surface area contributed by atoms with Crippen molar-refractivity contribution in [3.8, 4) is 0 Å². The number of hydrogen-bond acceptors (Lipinski definition) is 3. The Labute approximate surface area is 176 Å². The van der Waals surface area contributed by atoms with Crippen LogP contribution in [0.4, 0.5) is 15.8 Å². The van der Waals surface area contributed by atoms with Gasteiger partial charge in [-0.3, -0.25) is 4.79 Å². The molecule has 0 saturated carbocycles. The molecule has 30 heavy (non-hydrogen) atoms. The summed E-state index contributed by atoms with van der Waals surface area (Å²) in [6.07, 6.45) is 0.973. The molecule has 0 atom stereocenters. The van der Waals surface area contributed by atoms with Gasteiger partial charge in [0.15, 0.2) is 0 Å². The molecular formula is C25H24FN3O. The van der Waals surface area contributed by atoms with Gasteiger partial charge in [0.1, 0.15) is 5.82 Å². The van der Waals surface area contributed by atoms with Gasteiger partial charge < -0.3 is 15.5 Å². The van der Waals surface area contributed by atoms with Crippen LogP contribution in [0.1, 0.15) is 16.7 Å². The highest BCUT2D eigenvalue weighted by molar-refractivity contribution is 6.37.